The lowest BCUT2D eigenvalue weighted by molar-refractivity contribution is -0.134. The number of ether oxygens (including phenoxy) is 4. The van der Waals surface area contributed by atoms with E-state index in [1.165, 1.54) is 32.2 Å². The Morgan fingerprint density at radius 2 is 1.29 bits per heavy atom. The molecule has 0 aliphatic carbocycles. The van der Waals surface area contributed by atoms with E-state index in [0.717, 1.165) is 24.3 Å². The Hall–Kier alpha value is -4.13. The molecular weight excluding hydrogens is 403 g/mol. The Morgan fingerprint density at radius 1 is 0.774 bits per heavy atom. The molecule has 0 aliphatic heterocycles. The van der Waals surface area contributed by atoms with E-state index in [2.05, 4.69) is 13.2 Å². The summed E-state index contributed by atoms with van der Waals surface area (Å²) in [6, 6.07) is 11.3. The molecule has 2 aromatic rings. The van der Waals surface area contributed by atoms with E-state index >= 15 is 0 Å². The van der Waals surface area contributed by atoms with Crippen LogP contribution in [0.5, 0.6) is 11.5 Å². The van der Waals surface area contributed by atoms with Gasteiger partial charge in [0.25, 0.3) is 0 Å². The highest BCUT2D eigenvalue weighted by Gasteiger charge is 2.07. The SMILES string of the molecule is C=C(C)C(=O)OC=COc1ccc(-c2ccc(OC=COC(=O)C(=C)C)c(F)c2)cc1. The molecule has 0 amide bonds. The quantitative estimate of drug-likeness (QED) is 0.304. The monoisotopic (exact) mass is 424 g/mol. The van der Waals surface area contributed by atoms with Crippen LogP contribution < -0.4 is 9.47 Å². The molecule has 0 heterocycles. The van der Waals surface area contributed by atoms with Gasteiger partial charge in [-0.05, 0) is 49.2 Å². The smallest absolute Gasteiger partial charge is 0.338 e. The first kappa shape index (κ1) is 23.2. The molecule has 31 heavy (non-hydrogen) atoms. The molecule has 7 heteroatoms. The van der Waals surface area contributed by atoms with E-state index in [9.17, 15) is 14.0 Å². The highest BCUT2D eigenvalue weighted by atomic mass is 19.1. The molecule has 0 aliphatic rings. The number of hydrogen-bond acceptors (Lipinski definition) is 6. The van der Waals surface area contributed by atoms with Gasteiger partial charge in [0.05, 0.1) is 0 Å². The fourth-order valence-corrected chi connectivity index (χ4v) is 2.09. The molecule has 0 spiro atoms. The van der Waals surface area contributed by atoms with Crippen molar-refractivity contribution in [3.05, 3.63) is 97.6 Å². The fraction of sp³-hybridized carbons (Fsp3) is 0.0833. The van der Waals surface area contributed by atoms with Crippen molar-refractivity contribution in [1.29, 1.82) is 0 Å². The number of benzene rings is 2. The van der Waals surface area contributed by atoms with Gasteiger partial charge in [-0.25, -0.2) is 14.0 Å². The van der Waals surface area contributed by atoms with E-state index in [-0.39, 0.29) is 16.9 Å². The number of carbonyl (C=O) groups is 2. The number of halogens is 1. The van der Waals surface area contributed by atoms with Gasteiger partial charge in [0, 0.05) is 11.1 Å². The second-order valence-corrected chi connectivity index (χ2v) is 6.32. The van der Waals surface area contributed by atoms with Crippen molar-refractivity contribution in [3.63, 3.8) is 0 Å². The molecule has 2 rings (SSSR count). The maximum absolute atomic E-state index is 14.3. The number of esters is 2. The lowest BCUT2D eigenvalue weighted by Gasteiger charge is -2.07. The zero-order chi connectivity index (χ0) is 22.8. The van der Waals surface area contributed by atoms with Crippen LogP contribution in [0, 0.1) is 5.82 Å². The molecule has 0 radical (unpaired) electrons. The van der Waals surface area contributed by atoms with Gasteiger partial charge in [-0.3, -0.25) is 0 Å². The summed E-state index contributed by atoms with van der Waals surface area (Å²) < 4.78 is 34.2. The van der Waals surface area contributed by atoms with Crippen molar-refractivity contribution in [2.75, 3.05) is 0 Å². The van der Waals surface area contributed by atoms with Crippen LogP contribution in [0.25, 0.3) is 11.1 Å². The van der Waals surface area contributed by atoms with Crippen LogP contribution in [0.1, 0.15) is 13.8 Å². The van der Waals surface area contributed by atoms with Gasteiger partial charge < -0.3 is 18.9 Å². The fourth-order valence-electron chi connectivity index (χ4n) is 2.09. The minimum Gasteiger partial charge on any atom is -0.462 e. The summed E-state index contributed by atoms with van der Waals surface area (Å²) >= 11 is 0. The van der Waals surface area contributed by atoms with Crippen molar-refractivity contribution in [2.45, 2.75) is 13.8 Å². The maximum atomic E-state index is 14.3. The minimum absolute atomic E-state index is 0.0271. The molecule has 0 N–H and O–H groups in total. The highest BCUT2D eigenvalue weighted by molar-refractivity contribution is 5.87. The number of carbonyl (C=O) groups excluding carboxylic acids is 2. The van der Waals surface area contributed by atoms with Gasteiger partial charge >= 0.3 is 11.9 Å². The molecule has 2 aromatic carbocycles. The molecule has 0 atom stereocenters. The first-order valence-electron chi connectivity index (χ1n) is 9.04. The van der Waals surface area contributed by atoms with Crippen LogP contribution >= 0.6 is 0 Å². The van der Waals surface area contributed by atoms with E-state index in [4.69, 9.17) is 18.9 Å². The van der Waals surface area contributed by atoms with Crippen LogP contribution in [0.4, 0.5) is 4.39 Å². The number of hydrogen-bond donors (Lipinski definition) is 0. The van der Waals surface area contributed by atoms with Crippen LogP contribution in [0.3, 0.4) is 0 Å². The predicted octanol–water partition coefficient (Wildman–Crippen LogP) is 5.43. The van der Waals surface area contributed by atoms with Gasteiger partial charge in [0.1, 0.15) is 30.8 Å². The van der Waals surface area contributed by atoms with E-state index in [0.29, 0.717) is 11.3 Å². The van der Waals surface area contributed by atoms with Crippen molar-refractivity contribution < 1.29 is 32.9 Å². The third-order valence-electron chi connectivity index (χ3n) is 3.68. The summed E-state index contributed by atoms with van der Waals surface area (Å²) in [7, 11) is 0. The molecule has 0 saturated heterocycles. The van der Waals surface area contributed by atoms with E-state index in [1.807, 2.05) is 0 Å². The molecule has 0 unspecified atom stereocenters. The standard InChI is InChI=1S/C24H21FO6/c1-16(2)23(26)30-13-11-28-20-8-5-18(6-9-20)19-7-10-22(21(25)15-19)29-12-14-31-24(27)17(3)4/h5-15H,1,3H2,2,4H3. The van der Waals surface area contributed by atoms with Gasteiger partial charge in [0.15, 0.2) is 11.6 Å². The van der Waals surface area contributed by atoms with Crippen LogP contribution in [0.2, 0.25) is 0 Å². The van der Waals surface area contributed by atoms with Crippen LogP contribution in [0.15, 0.2) is 91.8 Å². The largest absolute Gasteiger partial charge is 0.462 e. The zero-order valence-corrected chi connectivity index (χ0v) is 17.1. The number of rotatable bonds is 9. The van der Waals surface area contributed by atoms with Gasteiger partial charge in [-0.2, -0.15) is 0 Å². The normalized spacial score (nSPS) is 10.7. The van der Waals surface area contributed by atoms with Crippen molar-refractivity contribution in [3.8, 4) is 22.6 Å². The molecule has 0 saturated carbocycles. The Bertz CT molecular complexity index is 1030. The minimum atomic E-state index is -0.605. The average molecular weight is 424 g/mol. The van der Waals surface area contributed by atoms with Crippen LogP contribution in [-0.2, 0) is 19.1 Å². The van der Waals surface area contributed by atoms with Gasteiger partial charge in [-0.15, -0.1) is 0 Å². The Morgan fingerprint density at radius 3 is 1.81 bits per heavy atom. The summed E-state index contributed by atoms with van der Waals surface area (Å²) in [6.45, 7) is 9.95. The highest BCUT2D eigenvalue weighted by Crippen LogP contribution is 2.27. The topological polar surface area (TPSA) is 71.1 Å². The Balaban J connectivity index is 1.95. The third-order valence-corrected chi connectivity index (χ3v) is 3.68. The summed E-state index contributed by atoms with van der Waals surface area (Å²) in [5.74, 6) is -1.27. The third kappa shape index (κ3) is 7.32. The summed E-state index contributed by atoms with van der Waals surface area (Å²) in [6.07, 6.45) is 4.42. The Kier molecular flexibility index (Phi) is 8.33. The second-order valence-electron chi connectivity index (χ2n) is 6.32. The van der Waals surface area contributed by atoms with Gasteiger partial charge in [0.2, 0.25) is 0 Å². The molecule has 6 nitrogen and oxygen atoms in total. The maximum Gasteiger partial charge on any atom is 0.338 e. The first-order chi connectivity index (χ1) is 14.8. The summed E-state index contributed by atoms with van der Waals surface area (Å²) in [4.78, 5) is 22.5. The molecule has 0 bridgehead atoms. The second kappa shape index (κ2) is 11.2. The predicted molar refractivity (Wildman–Crippen MR) is 113 cm³/mol. The lowest BCUT2D eigenvalue weighted by Crippen LogP contribution is -1.99. The Labute approximate surface area is 179 Å². The summed E-state index contributed by atoms with van der Waals surface area (Å²) in [5.41, 5.74) is 1.89. The van der Waals surface area contributed by atoms with Crippen molar-refractivity contribution in [1.82, 2.24) is 0 Å². The average Bonchev–Trinajstić information content (AvgIpc) is 2.75. The van der Waals surface area contributed by atoms with Crippen molar-refractivity contribution >= 4 is 11.9 Å². The van der Waals surface area contributed by atoms with E-state index in [1.54, 1.807) is 30.3 Å². The molecule has 0 aromatic heterocycles. The van der Waals surface area contributed by atoms with Crippen molar-refractivity contribution in [2.24, 2.45) is 0 Å². The summed E-state index contributed by atoms with van der Waals surface area (Å²) in [5, 5.41) is 0. The molecule has 160 valence electrons. The first-order valence-corrected chi connectivity index (χ1v) is 9.04. The molecular formula is C24H21FO6. The lowest BCUT2D eigenvalue weighted by atomic mass is 10.1. The van der Waals surface area contributed by atoms with Gasteiger partial charge in [-0.1, -0.05) is 31.4 Å². The molecule has 0 fully saturated rings. The van der Waals surface area contributed by atoms with E-state index < -0.39 is 17.8 Å². The van der Waals surface area contributed by atoms with Crippen LogP contribution in [-0.4, -0.2) is 11.9 Å². The zero-order valence-electron chi connectivity index (χ0n) is 17.1.